The van der Waals surface area contributed by atoms with Gasteiger partial charge in [0.1, 0.15) is 12.4 Å². The van der Waals surface area contributed by atoms with E-state index in [4.69, 9.17) is 9.84 Å². The molecule has 0 heterocycles. The second-order valence-corrected chi connectivity index (χ2v) is 6.23. The third kappa shape index (κ3) is 4.02. The molecule has 1 unspecified atom stereocenters. The fraction of sp³-hybridized carbons (Fsp3) is 0.625. The van der Waals surface area contributed by atoms with Gasteiger partial charge < -0.3 is 9.84 Å². The van der Waals surface area contributed by atoms with Crippen molar-refractivity contribution < 1.29 is 9.84 Å². The summed E-state index contributed by atoms with van der Waals surface area (Å²) in [6.45, 7) is 11.8. The Morgan fingerprint density at radius 2 is 1.67 bits per heavy atom. The molecule has 0 aliphatic heterocycles. The number of ether oxygens (including phenoxy) is 1. The molecule has 0 spiro atoms. The Balaban J connectivity index is 2.88. The average Bonchev–Trinajstić information content (AvgIpc) is 2.25. The van der Waals surface area contributed by atoms with E-state index in [0.717, 1.165) is 5.75 Å². The maximum atomic E-state index is 8.72. The maximum absolute atomic E-state index is 8.72. The number of aliphatic hydroxyl groups excluding tert-OH is 1. The lowest BCUT2D eigenvalue weighted by molar-refractivity contribution is 0.201. The van der Waals surface area contributed by atoms with Crippen LogP contribution in [0.3, 0.4) is 0 Å². The van der Waals surface area contributed by atoms with Crippen LogP contribution in [0, 0.1) is 11.3 Å². The Hall–Kier alpha value is -1.02. The van der Waals surface area contributed by atoms with Crippen molar-refractivity contribution in [1.29, 1.82) is 0 Å². The Kier molecular flexibility index (Phi) is 5.21. The third-order valence-electron chi connectivity index (χ3n) is 3.20. The summed E-state index contributed by atoms with van der Waals surface area (Å²) in [5.74, 6) is 1.96. The molecule has 0 bridgehead atoms. The molecule has 1 N–H and O–H groups in total. The molecule has 1 aromatic rings. The van der Waals surface area contributed by atoms with E-state index in [1.807, 2.05) is 12.1 Å². The van der Waals surface area contributed by atoms with E-state index in [0.29, 0.717) is 18.4 Å². The number of benzene rings is 1. The van der Waals surface area contributed by atoms with Crippen LogP contribution < -0.4 is 4.74 Å². The van der Waals surface area contributed by atoms with Crippen molar-refractivity contribution in [3.05, 3.63) is 29.8 Å². The molecule has 1 atom stereocenters. The molecule has 0 fully saturated rings. The van der Waals surface area contributed by atoms with Gasteiger partial charge in [-0.2, -0.15) is 0 Å². The highest BCUT2D eigenvalue weighted by Crippen LogP contribution is 2.40. The second-order valence-electron chi connectivity index (χ2n) is 6.23. The zero-order valence-corrected chi connectivity index (χ0v) is 12.2. The van der Waals surface area contributed by atoms with E-state index >= 15 is 0 Å². The van der Waals surface area contributed by atoms with E-state index < -0.39 is 0 Å². The number of rotatable bonds is 5. The van der Waals surface area contributed by atoms with Crippen LogP contribution in [0.4, 0.5) is 0 Å². The molecule has 102 valence electrons. The zero-order chi connectivity index (χ0) is 13.8. The molecule has 2 nitrogen and oxygen atoms in total. The van der Waals surface area contributed by atoms with Gasteiger partial charge in [-0.05, 0) is 34.9 Å². The fourth-order valence-corrected chi connectivity index (χ4v) is 2.82. The molecule has 0 amide bonds. The third-order valence-corrected chi connectivity index (χ3v) is 3.20. The van der Waals surface area contributed by atoms with Crippen LogP contribution in [0.5, 0.6) is 5.75 Å². The quantitative estimate of drug-likeness (QED) is 0.860. The SMILES string of the molecule is CC(C)C(c1ccc(OCCO)cc1)C(C)(C)C. The van der Waals surface area contributed by atoms with E-state index in [9.17, 15) is 0 Å². The van der Waals surface area contributed by atoms with Crippen molar-refractivity contribution in [3.8, 4) is 5.75 Å². The van der Waals surface area contributed by atoms with Gasteiger partial charge in [-0.3, -0.25) is 0 Å². The van der Waals surface area contributed by atoms with Crippen molar-refractivity contribution >= 4 is 0 Å². The van der Waals surface area contributed by atoms with Crippen LogP contribution in [0.2, 0.25) is 0 Å². The van der Waals surface area contributed by atoms with Crippen molar-refractivity contribution in [2.75, 3.05) is 13.2 Å². The molecular formula is C16H26O2. The molecule has 2 heteroatoms. The predicted molar refractivity (Wildman–Crippen MR) is 76.1 cm³/mol. The molecule has 0 saturated heterocycles. The van der Waals surface area contributed by atoms with Crippen molar-refractivity contribution in [1.82, 2.24) is 0 Å². The van der Waals surface area contributed by atoms with Gasteiger partial charge in [0.05, 0.1) is 6.61 Å². The normalized spacial score (nSPS) is 13.7. The van der Waals surface area contributed by atoms with Gasteiger partial charge in [0, 0.05) is 0 Å². The van der Waals surface area contributed by atoms with Crippen LogP contribution in [-0.4, -0.2) is 18.3 Å². The van der Waals surface area contributed by atoms with Gasteiger partial charge in [0.15, 0.2) is 0 Å². The predicted octanol–water partition coefficient (Wildman–Crippen LogP) is 3.84. The lowest BCUT2D eigenvalue weighted by atomic mass is 9.70. The van der Waals surface area contributed by atoms with Gasteiger partial charge in [-0.25, -0.2) is 0 Å². The Morgan fingerprint density at radius 3 is 2.06 bits per heavy atom. The minimum absolute atomic E-state index is 0.0539. The highest BCUT2D eigenvalue weighted by molar-refractivity contribution is 5.30. The van der Waals surface area contributed by atoms with Gasteiger partial charge in [-0.1, -0.05) is 46.8 Å². The summed E-state index contributed by atoms with van der Waals surface area (Å²) in [5.41, 5.74) is 1.61. The zero-order valence-electron chi connectivity index (χ0n) is 12.2. The molecular weight excluding hydrogens is 224 g/mol. The van der Waals surface area contributed by atoms with E-state index in [1.54, 1.807) is 0 Å². The summed E-state index contributed by atoms with van der Waals surface area (Å²) < 4.78 is 5.39. The van der Waals surface area contributed by atoms with Gasteiger partial charge >= 0.3 is 0 Å². The minimum Gasteiger partial charge on any atom is -0.491 e. The van der Waals surface area contributed by atoms with Crippen LogP contribution in [0.1, 0.15) is 46.1 Å². The number of hydrogen-bond donors (Lipinski definition) is 1. The molecule has 1 rings (SSSR count). The summed E-state index contributed by atoms with van der Waals surface area (Å²) in [7, 11) is 0. The van der Waals surface area contributed by atoms with Crippen molar-refractivity contribution in [3.63, 3.8) is 0 Å². The first-order valence-corrected chi connectivity index (χ1v) is 6.70. The summed E-state index contributed by atoms with van der Waals surface area (Å²) in [6, 6.07) is 8.27. The second kappa shape index (κ2) is 6.24. The summed E-state index contributed by atoms with van der Waals surface area (Å²) in [6.07, 6.45) is 0. The largest absolute Gasteiger partial charge is 0.491 e. The van der Waals surface area contributed by atoms with E-state index in [2.05, 4.69) is 46.8 Å². The molecule has 0 aliphatic carbocycles. The first kappa shape index (κ1) is 15.0. The monoisotopic (exact) mass is 250 g/mol. The Morgan fingerprint density at radius 1 is 1.11 bits per heavy atom. The summed E-state index contributed by atoms with van der Waals surface area (Å²) in [4.78, 5) is 0. The van der Waals surface area contributed by atoms with E-state index in [1.165, 1.54) is 5.56 Å². The van der Waals surface area contributed by atoms with Crippen LogP contribution in [0.15, 0.2) is 24.3 Å². The molecule has 0 aliphatic rings. The van der Waals surface area contributed by atoms with Gasteiger partial charge in [-0.15, -0.1) is 0 Å². The summed E-state index contributed by atoms with van der Waals surface area (Å²) >= 11 is 0. The Bertz CT molecular complexity index is 346. The summed E-state index contributed by atoms with van der Waals surface area (Å²) in [5, 5.41) is 8.72. The molecule has 18 heavy (non-hydrogen) atoms. The lowest BCUT2D eigenvalue weighted by Gasteiger charge is -2.34. The van der Waals surface area contributed by atoms with Gasteiger partial charge in [0.25, 0.3) is 0 Å². The minimum atomic E-state index is 0.0539. The van der Waals surface area contributed by atoms with Crippen LogP contribution in [0.25, 0.3) is 0 Å². The van der Waals surface area contributed by atoms with E-state index in [-0.39, 0.29) is 12.0 Å². The Labute approximate surface area is 111 Å². The smallest absolute Gasteiger partial charge is 0.119 e. The molecule has 0 saturated carbocycles. The number of aliphatic hydroxyl groups is 1. The van der Waals surface area contributed by atoms with Crippen molar-refractivity contribution in [2.24, 2.45) is 11.3 Å². The highest BCUT2D eigenvalue weighted by Gasteiger charge is 2.28. The van der Waals surface area contributed by atoms with Crippen LogP contribution in [-0.2, 0) is 0 Å². The number of hydrogen-bond acceptors (Lipinski definition) is 2. The fourth-order valence-electron chi connectivity index (χ4n) is 2.82. The van der Waals surface area contributed by atoms with Crippen molar-refractivity contribution in [2.45, 2.75) is 40.5 Å². The first-order valence-electron chi connectivity index (χ1n) is 6.70. The average molecular weight is 250 g/mol. The maximum Gasteiger partial charge on any atom is 0.119 e. The topological polar surface area (TPSA) is 29.5 Å². The molecule has 1 aromatic carbocycles. The molecule has 0 aromatic heterocycles. The van der Waals surface area contributed by atoms with Crippen LogP contribution >= 0.6 is 0 Å². The first-order chi connectivity index (χ1) is 8.36. The highest BCUT2D eigenvalue weighted by atomic mass is 16.5. The van der Waals surface area contributed by atoms with Gasteiger partial charge in [0.2, 0.25) is 0 Å². The lowest BCUT2D eigenvalue weighted by Crippen LogP contribution is -2.23. The molecule has 0 radical (unpaired) electrons. The standard InChI is InChI=1S/C16H26O2/c1-12(2)15(16(3,4)5)13-6-8-14(9-7-13)18-11-10-17/h6-9,12,15,17H,10-11H2,1-5H3.